The average Bonchev–Trinajstić information content (AvgIpc) is 2.73. The molecule has 1 fully saturated rings. The molecule has 1 saturated heterocycles. The summed E-state index contributed by atoms with van der Waals surface area (Å²) >= 11 is 0. The molecule has 28 heavy (non-hydrogen) atoms. The van der Waals surface area contributed by atoms with Crippen molar-refractivity contribution in [2.24, 2.45) is 0 Å². The van der Waals surface area contributed by atoms with Gasteiger partial charge in [0.1, 0.15) is 5.82 Å². The van der Waals surface area contributed by atoms with E-state index in [9.17, 15) is 4.79 Å². The fourth-order valence-electron chi connectivity index (χ4n) is 3.78. The maximum atomic E-state index is 13.2. The van der Waals surface area contributed by atoms with E-state index in [-0.39, 0.29) is 5.91 Å². The average molecular weight is 374 g/mol. The molecule has 0 aliphatic carbocycles. The van der Waals surface area contributed by atoms with Crippen LogP contribution in [0.3, 0.4) is 0 Å². The Morgan fingerprint density at radius 1 is 1.00 bits per heavy atom. The zero-order valence-corrected chi connectivity index (χ0v) is 16.6. The lowest BCUT2D eigenvalue weighted by atomic mass is 10.0. The highest BCUT2D eigenvalue weighted by Crippen LogP contribution is 2.26. The molecule has 4 rings (SSSR count). The van der Waals surface area contributed by atoms with E-state index in [2.05, 4.69) is 43.4 Å². The third-order valence-electron chi connectivity index (χ3n) is 5.44. The molecular formula is C24H27N3O. The summed E-state index contributed by atoms with van der Waals surface area (Å²) in [5.74, 6) is 1.31. The SMILES string of the molecule is CC(C)c1ccc(Nc2cc(C(=O)N3CCCCC3)c3ccccc3n2)cc1. The summed E-state index contributed by atoms with van der Waals surface area (Å²) in [6.07, 6.45) is 3.38. The maximum absolute atomic E-state index is 13.2. The van der Waals surface area contributed by atoms with Gasteiger partial charge >= 0.3 is 0 Å². The monoisotopic (exact) mass is 373 g/mol. The second-order valence-corrected chi connectivity index (χ2v) is 7.83. The van der Waals surface area contributed by atoms with Gasteiger partial charge in [-0.1, -0.05) is 44.2 Å². The highest BCUT2D eigenvalue weighted by Gasteiger charge is 2.21. The molecule has 1 N–H and O–H groups in total. The van der Waals surface area contributed by atoms with E-state index in [4.69, 9.17) is 4.98 Å². The Hall–Kier alpha value is -2.88. The fraction of sp³-hybridized carbons (Fsp3) is 0.333. The molecule has 1 amide bonds. The van der Waals surface area contributed by atoms with E-state index < -0.39 is 0 Å². The van der Waals surface area contributed by atoms with Crippen molar-refractivity contribution in [1.82, 2.24) is 9.88 Å². The molecule has 0 radical (unpaired) electrons. The molecular weight excluding hydrogens is 346 g/mol. The van der Waals surface area contributed by atoms with E-state index in [0.717, 1.165) is 48.1 Å². The molecule has 1 aliphatic heterocycles. The summed E-state index contributed by atoms with van der Waals surface area (Å²) in [7, 11) is 0. The van der Waals surface area contributed by atoms with E-state index >= 15 is 0 Å². The second kappa shape index (κ2) is 8.01. The lowest BCUT2D eigenvalue weighted by molar-refractivity contribution is 0.0726. The zero-order chi connectivity index (χ0) is 19.5. The van der Waals surface area contributed by atoms with Crippen molar-refractivity contribution in [3.63, 3.8) is 0 Å². The Kier molecular flexibility index (Phi) is 5.29. The number of benzene rings is 2. The first-order valence-corrected chi connectivity index (χ1v) is 10.2. The quantitative estimate of drug-likeness (QED) is 0.635. The van der Waals surface area contributed by atoms with Crippen LogP contribution in [0.1, 0.15) is 54.9 Å². The highest BCUT2D eigenvalue weighted by molar-refractivity contribution is 6.07. The van der Waals surface area contributed by atoms with Gasteiger partial charge in [-0.25, -0.2) is 4.98 Å². The smallest absolute Gasteiger partial charge is 0.254 e. The second-order valence-electron chi connectivity index (χ2n) is 7.83. The van der Waals surface area contributed by atoms with Gasteiger partial charge in [0.25, 0.3) is 5.91 Å². The van der Waals surface area contributed by atoms with Crippen LogP contribution < -0.4 is 5.32 Å². The van der Waals surface area contributed by atoms with Crippen LogP contribution in [0.5, 0.6) is 0 Å². The summed E-state index contributed by atoms with van der Waals surface area (Å²) in [5, 5.41) is 4.29. The maximum Gasteiger partial charge on any atom is 0.254 e. The van der Waals surface area contributed by atoms with Gasteiger partial charge in [-0.15, -0.1) is 0 Å². The van der Waals surface area contributed by atoms with Crippen LogP contribution in [0.2, 0.25) is 0 Å². The van der Waals surface area contributed by atoms with Crippen molar-refractivity contribution < 1.29 is 4.79 Å². The number of likely N-dealkylation sites (tertiary alicyclic amines) is 1. The molecule has 2 aromatic carbocycles. The number of rotatable bonds is 4. The molecule has 1 aromatic heterocycles. The minimum atomic E-state index is 0.108. The molecule has 0 atom stereocenters. The molecule has 0 saturated carbocycles. The van der Waals surface area contributed by atoms with Crippen LogP contribution in [0.25, 0.3) is 10.9 Å². The van der Waals surface area contributed by atoms with E-state index in [1.807, 2.05) is 35.2 Å². The minimum absolute atomic E-state index is 0.108. The number of carbonyl (C=O) groups excluding carboxylic acids is 1. The predicted octanol–water partition coefficient (Wildman–Crippen LogP) is 5.73. The van der Waals surface area contributed by atoms with Gasteiger partial charge in [0, 0.05) is 24.2 Å². The summed E-state index contributed by atoms with van der Waals surface area (Å²) in [5.41, 5.74) is 3.85. The molecule has 4 heteroatoms. The summed E-state index contributed by atoms with van der Waals surface area (Å²) in [6.45, 7) is 6.06. The van der Waals surface area contributed by atoms with Crippen molar-refractivity contribution in [2.45, 2.75) is 39.0 Å². The minimum Gasteiger partial charge on any atom is -0.340 e. The van der Waals surface area contributed by atoms with Gasteiger partial charge in [0.15, 0.2) is 0 Å². The van der Waals surface area contributed by atoms with Crippen LogP contribution in [0, 0.1) is 0 Å². The van der Waals surface area contributed by atoms with Gasteiger partial charge in [0.05, 0.1) is 11.1 Å². The summed E-state index contributed by atoms with van der Waals surface area (Å²) in [6, 6.07) is 18.2. The molecule has 0 spiro atoms. The number of piperidine rings is 1. The third-order valence-corrected chi connectivity index (χ3v) is 5.44. The van der Waals surface area contributed by atoms with Crippen molar-refractivity contribution >= 4 is 28.3 Å². The van der Waals surface area contributed by atoms with Crippen LogP contribution in [0.4, 0.5) is 11.5 Å². The van der Waals surface area contributed by atoms with Crippen LogP contribution in [0.15, 0.2) is 54.6 Å². The first-order chi connectivity index (χ1) is 13.6. The first kappa shape index (κ1) is 18.5. The molecule has 144 valence electrons. The summed E-state index contributed by atoms with van der Waals surface area (Å²) < 4.78 is 0. The van der Waals surface area contributed by atoms with Gasteiger partial charge in [-0.3, -0.25) is 4.79 Å². The molecule has 0 bridgehead atoms. The Labute approximate surface area is 166 Å². The van der Waals surface area contributed by atoms with E-state index in [1.54, 1.807) is 0 Å². The first-order valence-electron chi connectivity index (χ1n) is 10.2. The Balaban J connectivity index is 1.68. The van der Waals surface area contributed by atoms with Crippen molar-refractivity contribution in [2.75, 3.05) is 18.4 Å². The van der Waals surface area contributed by atoms with Gasteiger partial charge in [0.2, 0.25) is 0 Å². The number of fused-ring (bicyclic) bond motifs is 1. The number of anilines is 2. The number of amides is 1. The number of hydrogen-bond donors (Lipinski definition) is 1. The van der Waals surface area contributed by atoms with Crippen molar-refractivity contribution in [3.8, 4) is 0 Å². The molecule has 0 unspecified atom stereocenters. The summed E-state index contributed by atoms with van der Waals surface area (Å²) in [4.78, 5) is 19.9. The van der Waals surface area contributed by atoms with Crippen molar-refractivity contribution in [3.05, 3.63) is 65.7 Å². The van der Waals surface area contributed by atoms with Gasteiger partial charge < -0.3 is 10.2 Å². The number of pyridine rings is 1. The number of carbonyl (C=O) groups is 1. The number of aromatic nitrogens is 1. The standard InChI is InChI=1S/C24H27N3O/c1-17(2)18-10-12-19(13-11-18)25-23-16-21(20-8-4-5-9-22(20)26-23)24(28)27-14-6-3-7-15-27/h4-5,8-13,16-17H,3,6-7,14-15H2,1-2H3,(H,25,26). The lowest BCUT2D eigenvalue weighted by Gasteiger charge is -2.27. The van der Waals surface area contributed by atoms with Crippen LogP contribution >= 0.6 is 0 Å². The van der Waals surface area contributed by atoms with Gasteiger partial charge in [-0.05, 0) is 55.0 Å². The number of nitrogens with zero attached hydrogens (tertiary/aromatic N) is 2. The topological polar surface area (TPSA) is 45.2 Å². The van der Waals surface area contributed by atoms with E-state index in [0.29, 0.717) is 11.7 Å². The predicted molar refractivity (Wildman–Crippen MR) is 115 cm³/mol. The Morgan fingerprint density at radius 2 is 1.71 bits per heavy atom. The van der Waals surface area contributed by atoms with Gasteiger partial charge in [-0.2, -0.15) is 0 Å². The molecule has 1 aliphatic rings. The Morgan fingerprint density at radius 3 is 2.43 bits per heavy atom. The number of para-hydroxylation sites is 1. The largest absolute Gasteiger partial charge is 0.340 e. The normalized spacial score (nSPS) is 14.5. The number of nitrogens with one attached hydrogen (secondary N) is 1. The molecule has 2 heterocycles. The van der Waals surface area contributed by atoms with Crippen LogP contribution in [-0.2, 0) is 0 Å². The van der Waals surface area contributed by atoms with Crippen molar-refractivity contribution in [1.29, 1.82) is 0 Å². The zero-order valence-electron chi connectivity index (χ0n) is 16.6. The third kappa shape index (κ3) is 3.86. The molecule has 4 nitrogen and oxygen atoms in total. The highest BCUT2D eigenvalue weighted by atomic mass is 16.2. The number of hydrogen-bond acceptors (Lipinski definition) is 3. The lowest BCUT2D eigenvalue weighted by Crippen LogP contribution is -2.35. The van der Waals surface area contributed by atoms with Crippen LogP contribution in [-0.4, -0.2) is 28.9 Å². The van der Waals surface area contributed by atoms with E-state index in [1.165, 1.54) is 12.0 Å². The Bertz CT molecular complexity index is 973. The molecule has 3 aromatic rings. The fourth-order valence-corrected chi connectivity index (χ4v) is 3.78.